The Balaban J connectivity index is 1.60. The summed E-state index contributed by atoms with van der Waals surface area (Å²) < 4.78 is 1.26. The second-order valence-electron chi connectivity index (χ2n) is 7.41. The molecule has 0 aliphatic carbocycles. The molecule has 8 nitrogen and oxygen atoms in total. The summed E-state index contributed by atoms with van der Waals surface area (Å²) in [5.74, 6) is 0.316. The fourth-order valence-electron chi connectivity index (χ4n) is 3.48. The molecule has 0 spiro atoms. The lowest BCUT2D eigenvalue weighted by Gasteiger charge is -2.23. The molecule has 0 fully saturated rings. The molecule has 34 heavy (non-hydrogen) atoms. The highest BCUT2D eigenvalue weighted by Crippen LogP contribution is 2.25. The van der Waals surface area contributed by atoms with Gasteiger partial charge in [-0.2, -0.15) is 0 Å². The van der Waals surface area contributed by atoms with Crippen molar-refractivity contribution in [1.29, 1.82) is 0 Å². The summed E-state index contributed by atoms with van der Waals surface area (Å²) in [6.45, 7) is 2.13. The number of carbonyl (C=O) groups is 1. The molecular weight excluding hydrogens is 470 g/mol. The molecule has 0 radical (unpaired) electrons. The Hall–Kier alpha value is -3.63. The summed E-state index contributed by atoms with van der Waals surface area (Å²) in [6, 6.07) is 16.4. The van der Waals surface area contributed by atoms with Crippen LogP contribution in [0.3, 0.4) is 0 Å². The van der Waals surface area contributed by atoms with E-state index in [1.807, 2.05) is 47.8 Å². The molecule has 0 bridgehead atoms. The van der Waals surface area contributed by atoms with Crippen LogP contribution >= 0.6 is 23.1 Å². The van der Waals surface area contributed by atoms with Gasteiger partial charge >= 0.3 is 5.69 Å². The van der Waals surface area contributed by atoms with Crippen LogP contribution in [0.25, 0.3) is 0 Å². The third-order valence-corrected chi connectivity index (χ3v) is 6.88. The number of H-pyrrole nitrogens is 1. The van der Waals surface area contributed by atoms with E-state index in [1.165, 1.54) is 9.47 Å². The minimum atomic E-state index is -0.697. The number of carbonyl (C=O) groups excluding carboxylic acids is 1. The van der Waals surface area contributed by atoms with E-state index in [9.17, 15) is 14.4 Å². The molecule has 2 heterocycles. The molecule has 0 saturated carbocycles. The smallest absolute Gasteiger partial charge is 0.330 e. The van der Waals surface area contributed by atoms with Crippen LogP contribution in [0.2, 0.25) is 0 Å². The van der Waals surface area contributed by atoms with Gasteiger partial charge in [-0.3, -0.25) is 19.1 Å². The Morgan fingerprint density at radius 2 is 1.88 bits per heavy atom. The fraction of sp³-hybridized carbons (Fsp3) is 0.167. The first-order valence-electron chi connectivity index (χ1n) is 10.6. The first-order valence-corrected chi connectivity index (χ1v) is 12.5. The molecule has 10 heteroatoms. The summed E-state index contributed by atoms with van der Waals surface area (Å²) in [5, 5.41) is 2.00. The van der Waals surface area contributed by atoms with Crippen LogP contribution in [0, 0.1) is 0 Å². The SMILES string of the molecule is CCN(C(=O)c1ccc(SCc2cscn2)cc1)c1c(N)n(Cc2ccccc2)c(=O)[nH]c1=O. The van der Waals surface area contributed by atoms with Gasteiger partial charge in [0.05, 0.1) is 17.7 Å². The lowest BCUT2D eigenvalue weighted by atomic mass is 10.2. The average molecular weight is 494 g/mol. The highest BCUT2D eigenvalue weighted by atomic mass is 32.2. The van der Waals surface area contributed by atoms with Gasteiger partial charge in [-0.1, -0.05) is 30.3 Å². The van der Waals surface area contributed by atoms with Gasteiger partial charge in [0.15, 0.2) is 5.69 Å². The zero-order valence-corrected chi connectivity index (χ0v) is 20.1. The van der Waals surface area contributed by atoms with Crippen molar-refractivity contribution in [1.82, 2.24) is 14.5 Å². The number of hydrogen-bond acceptors (Lipinski definition) is 7. The molecule has 4 rings (SSSR count). The maximum Gasteiger partial charge on any atom is 0.330 e. The minimum absolute atomic E-state index is 0.0370. The highest BCUT2D eigenvalue weighted by Gasteiger charge is 2.24. The molecule has 3 N–H and O–H groups in total. The van der Waals surface area contributed by atoms with E-state index in [0.29, 0.717) is 5.56 Å². The Kier molecular flexibility index (Phi) is 7.29. The van der Waals surface area contributed by atoms with Gasteiger partial charge in [-0.15, -0.1) is 23.1 Å². The first kappa shape index (κ1) is 23.5. The fourth-order valence-corrected chi connectivity index (χ4v) is 4.94. The average Bonchev–Trinajstić information content (AvgIpc) is 3.37. The molecule has 0 atom stereocenters. The van der Waals surface area contributed by atoms with E-state index in [0.717, 1.165) is 21.9 Å². The molecule has 174 valence electrons. The van der Waals surface area contributed by atoms with Crippen molar-refractivity contribution in [2.75, 3.05) is 17.2 Å². The van der Waals surface area contributed by atoms with Gasteiger partial charge in [0.2, 0.25) is 0 Å². The number of hydrogen-bond donors (Lipinski definition) is 2. The summed E-state index contributed by atoms with van der Waals surface area (Å²) in [7, 11) is 0. The molecule has 1 amide bonds. The Bertz CT molecular complexity index is 1380. The standard InChI is InChI=1S/C24H23N5O3S2/c1-2-28(23(31)17-8-10-19(11-9-17)34-14-18-13-33-15-26-18)20-21(25)29(24(32)27-22(20)30)12-16-6-4-3-5-7-16/h3-11,13,15H,2,12,14,25H2,1H3,(H,27,30,32). The van der Waals surface area contributed by atoms with E-state index >= 15 is 0 Å². The third kappa shape index (κ3) is 5.13. The van der Waals surface area contributed by atoms with Crippen LogP contribution in [0.5, 0.6) is 0 Å². The van der Waals surface area contributed by atoms with Crippen molar-refractivity contribution in [2.24, 2.45) is 0 Å². The van der Waals surface area contributed by atoms with Crippen molar-refractivity contribution < 1.29 is 4.79 Å². The number of anilines is 2. The number of aromatic nitrogens is 3. The lowest BCUT2D eigenvalue weighted by Crippen LogP contribution is -2.41. The number of aromatic amines is 1. The van der Waals surface area contributed by atoms with Gasteiger partial charge in [0.1, 0.15) is 5.82 Å². The summed E-state index contributed by atoms with van der Waals surface area (Å²) in [4.78, 5) is 47.3. The molecule has 0 aliphatic heterocycles. The number of nitrogens with one attached hydrogen (secondary N) is 1. The van der Waals surface area contributed by atoms with Gasteiger partial charge in [-0.05, 0) is 36.8 Å². The van der Waals surface area contributed by atoms with Crippen molar-refractivity contribution in [2.45, 2.75) is 24.1 Å². The lowest BCUT2D eigenvalue weighted by molar-refractivity contribution is 0.0988. The number of nitrogen functional groups attached to an aromatic ring is 1. The van der Waals surface area contributed by atoms with Crippen LogP contribution in [0.15, 0.2) is 80.0 Å². The largest absolute Gasteiger partial charge is 0.383 e. The molecular formula is C24H23N5O3S2. The summed E-state index contributed by atoms with van der Waals surface area (Å²) >= 11 is 3.18. The van der Waals surface area contributed by atoms with Crippen LogP contribution in [0.1, 0.15) is 28.5 Å². The molecule has 2 aromatic heterocycles. The van der Waals surface area contributed by atoms with E-state index in [1.54, 1.807) is 47.7 Å². The maximum atomic E-state index is 13.3. The van der Waals surface area contributed by atoms with Gasteiger partial charge in [-0.25, -0.2) is 9.78 Å². The quantitative estimate of drug-likeness (QED) is 0.363. The van der Waals surface area contributed by atoms with Gasteiger partial charge in [0.25, 0.3) is 11.5 Å². The molecule has 0 unspecified atom stereocenters. The number of benzene rings is 2. The van der Waals surface area contributed by atoms with Crippen molar-refractivity contribution in [3.05, 3.63) is 103 Å². The molecule has 4 aromatic rings. The Morgan fingerprint density at radius 1 is 1.15 bits per heavy atom. The number of amides is 1. The van der Waals surface area contributed by atoms with Crippen molar-refractivity contribution in [3.8, 4) is 0 Å². The normalized spacial score (nSPS) is 10.9. The predicted molar refractivity (Wildman–Crippen MR) is 137 cm³/mol. The summed E-state index contributed by atoms with van der Waals surface area (Å²) in [6.07, 6.45) is 0. The zero-order chi connectivity index (χ0) is 24.1. The van der Waals surface area contributed by atoms with Crippen LogP contribution in [-0.4, -0.2) is 27.0 Å². The van der Waals surface area contributed by atoms with Crippen molar-refractivity contribution >= 4 is 40.5 Å². The van der Waals surface area contributed by atoms with Crippen LogP contribution in [-0.2, 0) is 12.3 Å². The number of nitrogens with zero attached hydrogens (tertiary/aromatic N) is 3. The predicted octanol–water partition coefficient (Wildman–Crippen LogP) is 3.58. The van der Waals surface area contributed by atoms with Crippen LogP contribution in [0.4, 0.5) is 11.5 Å². The molecule has 2 aromatic carbocycles. The number of thioether (sulfide) groups is 1. The van der Waals surface area contributed by atoms with E-state index < -0.39 is 11.2 Å². The Labute approximate surface area is 204 Å². The second kappa shape index (κ2) is 10.5. The molecule has 0 saturated heterocycles. The number of thiazole rings is 1. The maximum absolute atomic E-state index is 13.3. The van der Waals surface area contributed by atoms with E-state index in [4.69, 9.17) is 5.73 Å². The minimum Gasteiger partial charge on any atom is -0.383 e. The highest BCUT2D eigenvalue weighted by molar-refractivity contribution is 7.98. The van der Waals surface area contributed by atoms with Gasteiger partial charge < -0.3 is 10.6 Å². The number of rotatable bonds is 8. The van der Waals surface area contributed by atoms with Gasteiger partial charge in [0, 0.05) is 28.1 Å². The molecule has 0 aliphatic rings. The zero-order valence-electron chi connectivity index (χ0n) is 18.4. The van der Waals surface area contributed by atoms with Crippen LogP contribution < -0.4 is 21.9 Å². The third-order valence-electron chi connectivity index (χ3n) is 5.20. The van der Waals surface area contributed by atoms with E-state index in [-0.39, 0.29) is 30.5 Å². The van der Waals surface area contributed by atoms with Crippen molar-refractivity contribution in [3.63, 3.8) is 0 Å². The monoisotopic (exact) mass is 493 g/mol. The number of nitrogens with two attached hydrogens (primary N) is 1. The second-order valence-corrected chi connectivity index (χ2v) is 9.17. The Morgan fingerprint density at radius 3 is 2.53 bits per heavy atom. The first-order chi connectivity index (χ1) is 16.5. The summed E-state index contributed by atoms with van der Waals surface area (Å²) in [5.41, 5.74) is 8.98. The topological polar surface area (TPSA) is 114 Å². The van der Waals surface area contributed by atoms with E-state index in [2.05, 4.69) is 9.97 Å².